The number of fused-ring (bicyclic) bond motifs is 1. The maximum atomic E-state index is 12.1. The Labute approximate surface area is 158 Å². The molecule has 0 saturated carbocycles. The number of nitrogens with one attached hydrogen (secondary N) is 1. The second-order valence-corrected chi connectivity index (χ2v) is 6.37. The van der Waals surface area contributed by atoms with E-state index in [1.165, 1.54) is 11.0 Å². The molecule has 1 aromatic heterocycles. The summed E-state index contributed by atoms with van der Waals surface area (Å²) in [6, 6.07) is 17.0. The van der Waals surface area contributed by atoms with Gasteiger partial charge < -0.3 is 10.2 Å². The Hall–Kier alpha value is -3.47. The first-order chi connectivity index (χ1) is 13.0. The van der Waals surface area contributed by atoms with E-state index < -0.39 is 0 Å². The van der Waals surface area contributed by atoms with Crippen LogP contribution in [0.4, 0.5) is 0 Å². The fourth-order valence-corrected chi connectivity index (χ4v) is 2.70. The van der Waals surface area contributed by atoms with Gasteiger partial charge in [-0.15, -0.1) is 0 Å². The molecule has 5 heteroatoms. The molecule has 0 aliphatic rings. The lowest BCUT2D eigenvalue weighted by Gasteiger charge is -2.10. The quantitative estimate of drug-likeness (QED) is 0.711. The first-order valence-corrected chi connectivity index (χ1v) is 8.65. The molecular weight excluding hydrogens is 338 g/mol. The van der Waals surface area contributed by atoms with E-state index in [-0.39, 0.29) is 11.8 Å². The summed E-state index contributed by atoms with van der Waals surface area (Å²) < 4.78 is 0. The summed E-state index contributed by atoms with van der Waals surface area (Å²) in [5, 5.41) is 3.88. The number of amides is 2. The van der Waals surface area contributed by atoms with E-state index in [1.807, 2.05) is 42.5 Å². The molecule has 27 heavy (non-hydrogen) atoms. The summed E-state index contributed by atoms with van der Waals surface area (Å²) in [7, 11) is 3.43. The standard InChI is InChI=1S/C22H21N3O2/c1-25(2)22(27)19-10-8-16(9-11-19)15-24-20(26)13-12-18-6-3-5-17-7-4-14-23-21(17)18/h3-14H,15H2,1-2H3,(H,24,26)/b13-12+. The normalized spacial score (nSPS) is 10.9. The number of para-hydroxylation sites is 1. The minimum Gasteiger partial charge on any atom is -0.348 e. The van der Waals surface area contributed by atoms with E-state index in [2.05, 4.69) is 10.3 Å². The average molecular weight is 359 g/mol. The minimum absolute atomic E-state index is 0.0442. The second-order valence-electron chi connectivity index (χ2n) is 6.37. The van der Waals surface area contributed by atoms with Gasteiger partial charge in [-0.05, 0) is 29.8 Å². The van der Waals surface area contributed by atoms with Gasteiger partial charge in [0.25, 0.3) is 5.91 Å². The second kappa shape index (κ2) is 8.27. The topological polar surface area (TPSA) is 62.3 Å². The first-order valence-electron chi connectivity index (χ1n) is 8.65. The molecule has 2 aromatic carbocycles. The highest BCUT2D eigenvalue weighted by molar-refractivity contribution is 5.95. The molecule has 1 N–H and O–H groups in total. The van der Waals surface area contributed by atoms with Crippen molar-refractivity contribution in [3.05, 3.63) is 83.6 Å². The molecule has 0 radical (unpaired) electrons. The molecule has 0 unspecified atom stereocenters. The van der Waals surface area contributed by atoms with Crippen molar-refractivity contribution in [3.63, 3.8) is 0 Å². The Morgan fingerprint density at radius 2 is 1.78 bits per heavy atom. The highest BCUT2D eigenvalue weighted by Crippen LogP contribution is 2.17. The van der Waals surface area contributed by atoms with Crippen LogP contribution < -0.4 is 5.32 Å². The van der Waals surface area contributed by atoms with Crippen LogP contribution in [0.3, 0.4) is 0 Å². The number of pyridine rings is 1. The summed E-state index contributed by atoms with van der Waals surface area (Å²) in [6.07, 6.45) is 5.02. The summed E-state index contributed by atoms with van der Waals surface area (Å²) in [5.41, 5.74) is 3.32. The van der Waals surface area contributed by atoms with E-state index in [0.717, 1.165) is 22.0 Å². The molecule has 1 heterocycles. The molecule has 2 amide bonds. The molecule has 0 fully saturated rings. The van der Waals surface area contributed by atoms with Gasteiger partial charge in [0, 0.05) is 49.4 Å². The highest BCUT2D eigenvalue weighted by atomic mass is 16.2. The van der Waals surface area contributed by atoms with Gasteiger partial charge in [-0.1, -0.05) is 36.4 Å². The van der Waals surface area contributed by atoms with E-state index >= 15 is 0 Å². The van der Waals surface area contributed by atoms with E-state index in [4.69, 9.17) is 0 Å². The van der Waals surface area contributed by atoms with Crippen molar-refractivity contribution in [2.24, 2.45) is 0 Å². The third-order valence-electron chi connectivity index (χ3n) is 4.15. The van der Waals surface area contributed by atoms with Gasteiger partial charge in [0.2, 0.25) is 5.91 Å². The maximum Gasteiger partial charge on any atom is 0.253 e. The van der Waals surface area contributed by atoms with Gasteiger partial charge >= 0.3 is 0 Å². The van der Waals surface area contributed by atoms with Gasteiger partial charge in [0.15, 0.2) is 0 Å². The number of aromatic nitrogens is 1. The van der Waals surface area contributed by atoms with E-state index in [1.54, 1.807) is 38.5 Å². The maximum absolute atomic E-state index is 12.1. The van der Waals surface area contributed by atoms with Gasteiger partial charge in [-0.2, -0.15) is 0 Å². The van der Waals surface area contributed by atoms with Crippen LogP contribution in [0.15, 0.2) is 66.9 Å². The van der Waals surface area contributed by atoms with Gasteiger partial charge in [-0.25, -0.2) is 0 Å². The van der Waals surface area contributed by atoms with Crippen LogP contribution in [0.25, 0.3) is 17.0 Å². The number of benzene rings is 2. The van der Waals surface area contributed by atoms with Gasteiger partial charge in [0.1, 0.15) is 0 Å². The SMILES string of the molecule is CN(C)C(=O)c1ccc(CNC(=O)/C=C/c2cccc3cccnc23)cc1. The fraction of sp³-hybridized carbons (Fsp3) is 0.136. The van der Waals surface area contributed by atoms with Crippen molar-refractivity contribution in [1.82, 2.24) is 15.2 Å². The molecule has 3 aromatic rings. The zero-order chi connectivity index (χ0) is 19.2. The predicted molar refractivity (Wildman–Crippen MR) is 107 cm³/mol. The van der Waals surface area contributed by atoms with Crippen LogP contribution in [0.1, 0.15) is 21.5 Å². The molecule has 3 rings (SSSR count). The number of hydrogen-bond donors (Lipinski definition) is 1. The zero-order valence-corrected chi connectivity index (χ0v) is 15.3. The fourth-order valence-electron chi connectivity index (χ4n) is 2.70. The van der Waals surface area contributed by atoms with Crippen molar-refractivity contribution in [2.45, 2.75) is 6.54 Å². The molecule has 0 aliphatic carbocycles. The number of nitrogens with zero attached hydrogens (tertiary/aromatic N) is 2. The van der Waals surface area contributed by atoms with Crippen LogP contribution in [-0.4, -0.2) is 35.8 Å². The number of carbonyl (C=O) groups is 2. The molecule has 0 spiro atoms. The average Bonchev–Trinajstić information content (AvgIpc) is 2.70. The van der Waals surface area contributed by atoms with Crippen molar-refractivity contribution in [3.8, 4) is 0 Å². The zero-order valence-electron chi connectivity index (χ0n) is 15.3. The predicted octanol–water partition coefficient (Wildman–Crippen LogP) is 3.27. The third-order valence-corrected chi connectivity index (χ3v) is 4.15. The highest BCUT2D eigenvalue weighted by Gasteiger charge is 2.07. The summed E-state index contributed by atoms with van der Waals surface area (Å²) in [6.45, 7) is 0.396. The number of hydrogen-bond acceptors (Lipinski definition) is 3. The van der Waals surface area contributed by atoms with Crippen LogP contribution in [-0.2, 0) is 11.3 Å². The van der Waals surface area contributed by atoms with Gasteiger partial charge in [-0.3, -0.25) is 14.6 Å². The first kappa shape index (κ1) is 18.3. The molecule has 136 valence electrons. The Kier molecular flexibility index (Phi) is 5.61. The lowest BCUT2D eigenvalue weighted by atomic mass is 10.1. The molecule has 0 atom stereocenters. The number of rotatable bonds is 5. The van der Waals surface area contributed by atoms with E-state index in [9.17, 15) is 9.59 Å². The van der Waals surface area contributed by atoms with Crippen molar-refractivity contribution in [2.75, 3.05) is 14.1 Å². The largest absolute Gasteiger partial charge is 0.348 e. The smallest absolute Gasteiger partial charge is 0.253 e. The lowest BCUT2D eigenvalue weighted by Crippen LogP contribution is -2.22. The van der Waals surface area contributed by atoms with Crippen molar-refractivity contribution < 1.29 is 9.59 Å². The molecule has 5 nitrogen and oxygen atoms in total. The molecule has 0 saturated heterocycles. The van der Waals surface area contributed by atoms with Crippen molar-refractivity contribution in [1.29, 1.82) is 0 Å². The summed E-state index contributed by atoms with van der Waals surface area (Å²) in [4.78, 5) is 29.9. The number of carbonyl (C=O) groups excluding carboxylic acids is 2. The van der Waals surface area contributed by atoms with Crippen LogP contribution in [0, 0.1) is 0 Å². The minimum atomic E-state index is -0.184. The molecule has 0 bridgehead atoms. The van der Waals surface area contributed by atoms with Gasteiger partial charge in [0.05, 0.1) is 5.52 Å². The third kappa shape index (κ3) is 4.58. The van der Waals surface area contributed by atoms with Crippen LogP contribution in [0.5, 0.6) is 0 Å². The molecular formula is C22H21N3O2. The van der Waals surface area contributed by atoms with Crippen LogP contribution >= 0.6 is 0 Å². The Balaban J connectivity index is 1.61. The Morgan fingerprint density at radius 3 is 2.52 bits per heavy atom. The Morgan fingerprint density at radius 1 is 1.04 bits per heavy atom. The summed E-state index contributed by atoms with van der Waals surface area (Å²) >= 11 is 0. The monoisotopic (exact) mass is 359 g/mol. The van der Waals surface area contributed by atoms with Crippen LogP contribution in [0.2, 0.25) is 0 Å². The van der Waals surface area contributed by atoms with E-state index in [0.29, 0.717) is 12.1 Å². The van der Waals surface area contributed by atoms with Crippen molar-refractivity contribution >= 4 is 28.8 Å². The summed E-state index contributed by atoms with van der Waals surface area (Å²) in [5.74, 6) is -0.228. The lowest BCUT2D eigenvalue weighted by molar-refractivity contribution is -0.116. The Bertz CT molecular complexity index is 987. The molecule has 0 aliphatic heterocycles.